The molecule has 2 aromatic carbocycles. The summed E-state index contributed by atoms with van der Waals surface area (Å²) in [6.45, 7) is 1.81. The van der Waals surface area contributed by atoms with E-state index in [-0.39, 0.29) is 5.82 Å². The number of aromatic nitrogens is 1. The molecule has 3 heteroatoms. The molecular formula is C17H14FNO. The van der Waals surface area contributed by atoms with Crippen molar-refractivity contribution in [3.8, 4) is 0 Å². The van der Waals surface area contributed by atoms with Gasteiger partial charge >= 0.3 is 0 Å². The van der Waals surface area contributed by atoms with Crippen LogP contribution in [0, 0.1) is 12.7 Å². The fraction of sp³-hybridized carbons (Fsp3) is 0.118. The quantitative estimate of drug-likeness (QED) is 0.766. The second-order valence-corrected chi connectivity index (χ2v) is 4.91. The van der Waals surface area contributed by atoms with Crippen molar-refractivity contribution >= 4 is 10.8 Å². The zero-order chi connectivity index (χ0) is 14.1. The van der Waals surface area contributed by atoms with Gasteiger partial charge < -0.3 is 5.11 Å². The van der Waals surface area contributed by atoms with Crippen LogP contribution >= 0.6 is 0 Å². The molecule has 1 atom stereocenters. The van der Waals surface area contributed by atoms with Crippen LogP contribution in [0.5, 0.6) is 0 Å². The maximum Gasteiger partial charge on any atom is 0.123 e. The first kappa shape index (κ1) is 12.8. The van der Waals surface area contributed by atoms with Gasteiger partial charge in [0.05, 0.1) is 0 Å². The zero-order valence-electron chi connectivity index (χ0n) is 11.0. The number of aliphatic hydroxyl groups is 1. The van der Waals surface area contributed by atoms with Crippen molar-refractivity contribution in [3.63, 3.8) is 0 Å². The largest absolute Gasteiger partial charge is 0.384 e. The lowest BCUT2D eigenvalue weighted by molar-refractivity contribution is 0.221. The number of benzene rings is 2. The SMILES string of the molecule is Cc1cc(F)cc(C(O)c2cccc3ccncc23)c1. The number of aliphatic hydroxyl groups excluding tert-OH is 1. The molecule has 0 aliphatic carbocycles. The Morgan fingerprint density at radius 2 is 2.00 bits per heavy atom. The first-order valence-electron chi connectivity index (χ1n) is 6.43. The first-order valence-corrected chi connectivity index (χ1v) is 6.43. The fourth-order valence-electron chi connectivity index (χ4n) is 2.48. The third-order valence-electron chi connectivity index (χ3n) is 3.39. The number of hydrogen-bond acceptors (Lipinski definition) is 2. The molecule has 1 heterocycles. The van der Waals surface area contributed by atoms with Crippen molar-refractivity contribution in [2.24, 2.45) is 0 Å². The third kappa shape index (κ3) is 2.28. The van der Waals surface area contributed by atoms with Crippen molar-refractivity contribution < 1.29 is 9.50 Å². The van der Waals surface area contributed by atoms with E-state index in [2.05, 4.69) is 4.98 Å². The van der Waals surface area contributed by atoms with Gasteiger partial charge in [0.2, 0.25) is 0 Å². The highest BCUT2D eigenvalue weighted by atomic mass is 19.1. The molecule has 0 amide bonds. The monoisotopic (exact) mass is 267 g/mol. The molecule has 1 N–H and O–H groups in total. The summed E-state index contributed by atoms with van der Waals surface area (Å²) >= 11 is 0. The highest BCUT2D eigenvalue weighted by Gasteiger charge is 2.14. The number of hydrogen-bond donors (Lipinski definition) is 1. The average Bonchev–Trinajstić information content (AvgIpc) is 2.45. The van der Waals surface area contributed by atoms with E-state index in [4.69, 9.17) is 0 Å². The number of fused-ring (bicyclic) bond motifs is 1. The highest BCUT2D eigenvalue weighted by Crippen LogP contribution is 2.29. The van der Waals surface area contributed by atoms with Gasteiger partial charge in [-0.1, -0.05) is 24.3 Å². The Morgan fingerprint density at radius 3 is 2.80 bits per heavy atom. The predicted octanol–water partition coefficient (Wildman–Crippen LogP) is 3.76. The van der Waals surface area contributed by atoms with Crippen LogP contribution in [0.1, 0.15) is 22.8 Å². The Morgan fingerprint density at radius 1 is 1.15 bits per heavy atom. The molecule has 20 heavy (non-hydrogen) atoms. The van der Waals surface area contributed by atoms with Gasteiger partial charge in [-0.25, -0.2) is 4.39 Å². The zero-order valence-corrected chi connectivity index (χ0v) is 11.0. The van der Waals surface area contributed by atoms with E-state index in [1.807, 2.05) is 31.2 Å². The summed E-state index contributed by atoms with van der Waals surface area (Å²) in [5.41, 5.74) is 2.08. The lowest BCUT2D eigenvalue weighted by Gasteiger charge is -2.14. The summed E-state index contributed by atoms with van der Waals surface area (Å²) in [4.78, 5) is 4.10. The number of pyridine rings is 1. The number of aryl methyl sites for hydroxylation is 1. The predicted molar refractivity (Wildman–Crippen MR) is 76.9 cm³/mol. The molecule has 1 aromatic heterocycles. The van der Waals surface area contributed by atoms with Crippen LogP contribution < -0.4 is 0 Å². The molecule has 0 radical (unpaired) electrons. The van der Waals surface area contributed by atoms with Gasteiger partial charge in [-0.3, -0.25) is 4.98 Å². The number of nitrogens with zero attached hydrogens (tertiary/aromatic N) is 1. The van der Waals surface area contributed by atoms with Crippen molar-refractivity contribution in [1.82, 2.24) is 4.98 Å². The maximum atomic E-state index is 13.5. The second kappa shape index (κ2) is 5.02. The van der Waals surface area contributed by atoms with Gasteiger partial charge in [-0.05, 0) is 47.2 Å². The summed E-state index contributed by atoms with van der Waals surface area (Å²) in [7, 11) is 0. The van der Waals surface area contributed by atoms with Gasteiger partial charge in [-0.15, -0.1) is 0 Å². The molecule has 0 saturated heterocycles. The van der Waals surface area contributed by atoms with Crippen LogP contribution in [-0.2, 0) is 0 Å². The van der Waals surface area contributed by atoms with Crippen LogP contribution in [0.15, 0.2) is 54.9 Å². The molecular weight excluding hydrogens is 253 g/mol. The Balaban J connectivity index is 2.15. The Labute approximate surface area is 116 Å². The van der Waals surface area contributed by atoms with Crippen LogP contribution in [0.2, 0.25) is 0 Å². The Bertz CT molecular complexity index is 744. The van der Waals surface area contributed by atoms with Crippen LogP contribution in [0.3, 0.4) is 0 Å². The van der Waals surface area contributed by atoms with E-state index in [1.54, 1.807) is 18.5 Å². The minimum atomic E-state index is -0.864. The van der Waals surface area contributed by atoms with Crippen LogP contribution in [0.25, 0.3) is 10.8 Å². The smallest absolute Gasteiger partial charge is 0.123 e. The third-order valence-corrected chi connectivity index (χ3v) is 3.39. The normalized spacial score (nSPS) is 12.6. The van der Waals surface area contributed by atoms with E-state index in [0.29, 0.717) is 5.56 Å². The average molecular weight is 267 g/mol. The molecule has 0 bridgehead atoms. The molecule has 0 aliphatic heterocycles. The minimum Gasteiger partial charge on any atom is -0.384 e. The number of halogens is 1. The summed E-state index contributed by atoms with van der Waals surface area (Å²) in [6.07, 6.45) is 2.57. The second-order valence-electron chi connectivity index (χ2n) is 4.91. The Kier molecular flexibility index (Phi) is 3.20. The lowest BCUT2D eigenvalue weighted by Crippen LogP contribution is -2.02. The first-order chi connectivity index (χ1) is 9.65. The molecule has 0 saturated carbocycles. The van der Waals surface area contributed by atoms with Crippen molar-refractivity contribution in [3.05, 3.63) is 77.4 Å². The van der Waals surface area contributed by atoms with Crippen LogP contribution in [-0.4, -0.2) is 10.1 Å². The standard InChI is InChI=1S/C17H14FNO/c1-11-7-13(9-14(18)8-11)17(20)15-4-2-3-12-5-6-19-10-16(12)15/h2-10,17,20H,1H3. The summed E-state index contributed by atoms with van der Waals surface area (Å²) in [5, 5.41) is 12.4. The molecule has 100 valence electrons. The summed E-state index contributed by atoms with van der Waals surface area (Å²) in [6, 6.07) is 12.2. The van der Waals surface area contributed by atoms with E-state index in [9.17, 15) is 9.50 Å². The topological polar surface area (TPSA) is 33.1 Å². The van der Waals surface area contributed by atoms with Crippen molar-refractivity contribution in [2.75, 3.05) is 0 Å². The van der Waals surface area contributed by atoms with E-state index < -0.39 is 6.10 Å². The maximum absolute atomic E-state index is 13.5. The fourth-order valence-corrected chi connectivity index (χ4v) is 2.48. The molecule has 0 spiro atoms. The van der Waals surface area contributed by atoms with Crippen molar-refractivity contribution in [2.45, 2.75) is 13.0 Å². The molecule has 0 aliphatic rings. The van der Waals surface area contributed by atoms with E-state index >= 15 is 0 Å². The molecule has 2 nitrogen and oxygen atoms in total. The molecule has 3 rings (SSSR count). The minimum absolute atomic E-state index is 0.336. The van der Waals surface area contributed by atoms with Gasteiger partial charge in [0.25, 0.3) is 0 Å². The summed E-state index contributed by atoms with van der Waals surface area (Å²) in [5.74, 6) is -0.336. The van der Waals surface area contributed by atoms with Gasteiger partial charge in [-0.2, -0.15) is 0 Å². The Hall–Kier alpha value is -2.26. The van der Waals surface area contributed by atoms with Gasteiger partial charge in [0, 0.05) is 17.8 Å². The molecule has 0 fully saturated rings. The van der Waals surface area contributed by atoms with Gasteiger partial charge in [0.15, 0.2) is 0 Å². The molecule has 3 aromatic rings. The van der Waals surface area contributed by atoms with Crippen molar-refractivity contribution in [1.29, 1.82) is 0 Å². The van der Waals surface area contributed by atoms with E-state index in [0.717, 1.165) is 21.9 Å². The van der Waals surface area contributed by atoms with E-state index in [1.165, 1.54) is 12.1 Å². The highest BCUT2D eigenvalue weighted by molar-refractivity contribution is 5.85. The van der Waals surface area contributed by atoms with Crippen LogP contribution in [0.4, 0.5) is 4.39 Å². The lowest BCUT2D eigenvalue weighted by atomic mass is 9.96. The van der Waals surface area contributed by atoms with Gasteiger partial charge in [0.1, 0.15) is 11.9 Å². The summed E-state index contributed by atoms with van der Waals surface area (Å²) < 4.78 is 13.5. The number of rotatable bonds is 2. The molecule has 1 unspecified atom stereocenters.